The normalized spacial score (nSPS) is 13.9. The number of imidazole rings is 1. The zero-order chi connectivity index (χ0) is 16.5. The van der Waals surface area contributed by atoms with Crippen molar-refractivity contribution >= 4 is 17.5 Å². The van der Waals surface area contributed by atoms with Crippen molar-refractivity contribution < 1.29 is 4.79 Å². The van der Waals surface area contributed by atoms with E-state index in [-0.39, 0.29) is 18.1 Å². The van der Waals surface area contributed by atoms with E-state index < -0.39 is 0 Å². The van der Waals surface area contributed by atoms with Crippen LogP contribution in [0, 0.1) is 0 Å². The lowest BCUT2D eigenvalue weighted by molar-refractivity contribution is 0.0945. The highest BCUT2D eigenvalue weighted by molar-refractivity contribution is 6.34. The molecule has 1 aromatic carbocycles. The van der Waals surface area contributed by atoms with Gasteiger partial charge in [-0.1, -0.05) is 41.9 Å². The van der Waals surface area contributed by atoms with Crippen molar-refractivity contribution in [2.24, 2.45) is 0 Å². The quantitative estimate of drug-likeness (QED) is 0.665. The molecule has 1 fully saturated rings. The van der Waals surface area contributed by atoms with Gasteiger partial charge in [-0.15, -0.1) is 0 Å². The predicted octanol–water partition coefficient (Wildman–Crippen LogP) is 3.26. The third kappa shape index (κ3) is 2.92. The first-order chi connectivity index (χ1) is 11.7. The van der Waals surface area contributed by atoms with Gasteiger partial charge in [-0.25, -0.2) is 4.98 Å². The molecule has 3 N–H and O–H groups in total. The molecule has 0 saturated heterocycles. The topological polar surface area (TPSA) is 86.5 Å². The van der Waals surface area contributed by atoms with Crippen LogP contribution in [0.3, 0.4) is 0 Å². The van der Waals surface area contributed by atoms with Gasteiger partial charge >= 0.3 is 0 Å². The fourth-order valence-corrected chi connectivity index (χ4v) is 2.92. The SMILES string of the molecule is O=C(NCc1ncc(-c2ccccc2)[nH]1)c1n[nH]c(C2CC2)c1Cl. The smallest absolute Gasteiger partial charge is 0.273 e. The Morgan fingerprint density at radius 1 is 1.29 bits per heavy atom. The number of halogens is 1. The fourth-order valence-electron chi connectivity index (χ4n) is 2.60. The van der Waals surface area contributed by atoms with Crippen LogP contribution in [0.1, 0.15) is 40.8 Å². The number of carbonyl (C=O) groups is 1. The maximum absolute atomic E-state index is 12.3. The summed E-state index contributed by atoms with van der Waals surface area (Å²) in [7, 11) is 0. The lowest BCUT2D eigenvalue weighted by atomic mass is 10.2. The van der Waals surface area contributed by atoms with Crippen LogP contribution in [-0.4, -0.2) is 26.1 Å². The number of H-pyrrole nitrogens is 2. The highest BCUT2D eigenvalue weighted by Gasteiger charge is 2.30. The Balaban J connectivity index is 1.42. The van der Waals surface area contributed by atoms with Gasteiger partial charge in [-0.05, 0) is 18.4 Å². The van der Waals surface area contributed by atoms with Gasteiger partial charge in [0.05, 0.1) is 29.2 Å². The summed E-state index contributed by atoms with van der Waals surface area (Å²) >= 11 is 6.24. The molecule has 4 rings (SSSR count). The van der Waals surface area contributed by atoms with E-state index >= 15 is 0 Å². The van der Waals surface area contributed by atoms with E-state index in [9.17, 15) is 4.79 Å². The van der Waals surface area contributed by atoms with Crippen LogP contribution in [0.15, 0.2) is 36.5 Å². The van der Waals surface area contributed by atoms with Crippen molar-refractivity contribution in [1.82, 2.24) is 25.5 Å². The number of aromatic nitrogens is 4. The van der Waals surface area contributed by atoms with Crippen LogP contribution in [-0.2, 0) is 6.54 Å². The van der Waals surface area contributed by atoms with Crippen molar-refractivity contribution in [2.75, 3.05) is 0 Å². The molecule has 1 amide bonds. The second kappa shape index (κ2) is 6.13. The molecule has 0 spiro atoms. The third-order valence-electron chi connectivity index (χ3n) is 4.06. The number of aromatic amines is 2. The van der Waals surface area contributed by atoms with E-state index in [1.807, 2.05) is 30.3 Å². The van der Waals surface area contributed by atoms with Crippen LogP contribution in [0.4, 0.5) is 0 Å². The number of carbonyl (C=O) groups excluding carboxylic acids is 1. The van der Waals surface area contributed by atoms with Gasteiger partial charge < -0.3 is 10.3 Å². The van der Waals surface area contributed by atoms with E-state index in [0.717, 1.165) is 29.8 Å². The number of hydrogen-bond donors (Lipinski definition) is 3. The molecule has 24 heavy (non-hydrogen) atoms. The van der Waals surface area contributed by atoms with Crippen molar-refractivity contribution in [3.05, 3.63) is 58.8 Å². The van der Waals surface area contributed by atoms with Gasteiger partial charge in [-0.3, -0.25) is 9.89 Å². The molecular weight excluding hydrogens is 326 g/mol. The summed E-state index contributed by atoms with van der Waals surface area (Å²) < 4.78 is 0. The van der Waals surface area contributed by atoms with Gasteiger partial charge in [0.25, 0.3) is 5.91 Å². The maximum atomic E-state index is 12.3. The summed E-state index contributed by atoms with van der Waals surface area (Å²) in [4.78, 5) is 19.7. The van der Waals surface area contributed by atoms with Gasteiger partial charge in [-0.2, -0.15) is 5.10 Å². The molecule has 1 aliphatic rings. The first-order valence-electron chi connectivity index (χ1n) is 7.83. The molecule has 1 aliphatic carbocycles. The molecular formula is C17H16ClN5O. The number of benzene rings is 1. The third-order valence-corrected chi connectivity index (χ3v) is 4.45. The number of nitrogens with one attached hydrogen (secondary N) is 3. The Morgan fingerprint density at radius 2 is 2.08 bits per heavy atom. The molecule has 2 aromatic heterocycles. The van der Waals surface area contributed by atoms with E-state index in [0.29, 0.717) is 16.8 Å². The van der Waals surface area contributed by atoms with Gasteiger partial charge in [0.1, 0.15) is 5.82 Å². The molecule has 2 heterocycles. The average molecular weight is 342 g/mol. The standard InChI is InChI=1S/C17H16ClN5O/c18-14-15(11-6-7-11)22-23-16(14)17(24)20-9-13-19-8-12(21-13)10-4-2-1-3-5-10/h1-5,8,11H,6-7,9H2,(H,19,21)(H,20,24)(H,22,23). The van der Waals surface area contributed by atoms with E-state index in [1.165, 1.54) is 0 Å². The van der Waals surface area contributed by atoms with Crippen molar-refractivity contribution in [2.45, 2.75) is 25.3 Å². The van der Waals surface area contributed by atoms with Gasteiger partial charge in [0.15, 0.2) is 5.69 Å². The summed E-state index contributed by atoms with van der Waals surface area (Å²) in [6.07, 6.45) is 3.94. The first-order valence-corrected chi connectivity index (χ1v) is 8.21. The molecule has 3 aromatic rings. The number of nitrogens with zero attached hydrogens (tertiary/aromatic N) is 2. The van der Waals surface area contributed by atoms with E-state index in [4.69, 9.17) is 11.6 Å². The van der Waals surface area contributed by atoms with Gasteiger partial charge in [0, 0.05) is 5.92 Å². The minimum atomic E-state index is -0.305. The second-order valence-electron chi connectivity index (χ2n) is 5.87. The number of rotatable bonds is 5. The minimum absolute atomic E-state index is 0.244. The highest BCUT2D eigenvalue weighted by atomic mass is 35.5. The summed E-state index contributed by atoms with van der Waals surface area (Å²) in [5.41, 5.74) is 3.07. The summed E-state index contributed by atoms with van der Waals surface area (Å²) in [5.74, 6) is 0.794. The zero-order valence-corrected chi connectivity index (χ0v) is 13.6. The largest absolute Gasteiger partial charge is 0.343 e. The van der Waals surface area contributed by atoms with Crippen molar-refractivity contribution in [1.29, 1.82) is 0 Å². The Morgan fingerprint density at radius 3 is 2.83 bits per heavy atom. The predicted molar refractivity (Wildman–Crippen MR) is 90.8 cm³/mol. The Hall–Kier alpha value is -2.60. The second-order valence-corrected chi connectivity index (χ2v) is 6.24. The Kier molecular flexibility index (Phi) is 3.82. The highest BCUT2D eigenvalue weighted by Crippen LogP contribution is 2.42. The van der Waals surface area contributed by atoms with Crippen molar-refractivity contribution in [3.63, 3.8) is 0 Å². The summed E-state index contributed by atoms with van der Waals surface area (Å²) in [6, 6.07) is 9.89. The molecule has 0 atom stereocenters. The van der Waals surface area contributed by atoms with Crippen LogP contribution < -0.4 is 5.32 Å². The molecule has 6 nitrogen and oxygen atoms in total. The lowest BCUT2D eigenvalue weighted by Crippen LogP contribution is -2.24. The molecule has 1 saturated carbocycles. The number of amides is 1. The number of hydrogen-bond acceptors (Lipinski definition) is 3. The van der Waals surface area contributed by atoms with Crippen LogP contribution in [0.5, 0.6) is 0 Å². The molecule has 0 bridgehead atoms. The maximum Gasteiger partial charge on any atom is 0.273 e. The molecule has 122 valence electrons. The summed E-state index contributed by atoms with van der Waals surface area (Å²) in [6.45, 7) is 0.285. The molecule has 0 aliphatic heterocycles. The van der Waals surface area contributed by atoms with Gasteiger partial charge in [0.2, 0.25) is 0 Å². The average Bonchev–Trinajstić information content (AvgIpc) is 3.21. The van der Waals surface area contributed by atoms with E-state index in [1.54, 1.807) is 6.20 Å². The monoisotopic (exact) mass is 341 g/mol. The first kappa shape index (κ1) is 15.0. The van der Waals surface area contributed by atoms with E-state index in [2.05, 4.69) is 25.5 Å². The molecule has 0 unspecified atom stereocenters. The van der Waals surface area contributed by atoms with Crippen LogP contribution in [0.25, 0.3) is 11.3 Å². The fraction of sp³-hybridized carbons (Fsp3) is 0.235. The zero-order valence-electron chi connectivity index (χ0n) is 12.8. The Labute approximate surface area is 143 Å². The van der Waals surface area contributed by atoms with Crippen LogP contribution >= 0.6 is 11.6 Å². The minimum Gasteiger partial charge on any atom is -0.343 e. The summed E-state index contributed by atoms with van der Waals surface area (Å²) in [5, 5.41) is 10.1. The van der Waals surface area contributed by atoms with Crippen LogP contribution in [0.2, 0.25) is 5.02 Å². The Bertz CT molecular complexity index is 866. The lowest BCUT2D eigenvalue weighted by Gasteiger charge is -2.01. The molecule has 7 heteroatoms. The van der Waals surface area contributed by atoms with Crippen molar-refractivity contribution in [3.8, 4) is 11.3 Å². The molecule has 0 radical (unpaired) electrons.